The van der Waals surface area contributed by atoms with Gasteiger partial charge in [-0.15, -0.1) is 0 Å². The minimum absolute atomic E-state index is 0.176. The third-order valence-electron chi connectivity index (χ3n) is 3.88. The second-order valence-corrected chi connectivity index (χ2v) is 6.41. The Balaban J connectivity index is 0. The molecule has 0 bridgehead atoms. The Labute approximate surface area is 144 Å². The second kappa shape index (κ2) is 21.2. The van der Waals surface area contributed by atoms with Crippen LogP contribution in [0.3, 0.4) is 0 Å². The molecule has 0 aliphatic carbocycles. The molecular formula is C20H40O3. The van der Waals surface area contributed by atoms with Crippen molar-refractivity contribution in [1.82, 2.24) is 0 Å². The van der Waals surface area contributed by atoms with Crippen molar-refractivity contribution in [3.05, 3.63) is 12.2 Å². The lowest BCUT2D eigenvalue weighted by Gasteiger charge is -2.02. The van der Waals surface area contributed by atoms with Gasteiger partial charge in [0.05, 0.1) is 0 Å². The van der Waals surface area contributed by atoms with Gasteiger partial charge in [0.15, 0.2) is 0 Å². The molecule has 138 valence electrons. The lowest BCUT2D eigenvalue weighted by Crippen LogP contribution is -1.92. The summed E-state index contributed by atoms with van der Waals surface area (Å²) in [6, 6.07) is 0. The summed E-state index contributed by atoms with van der Waals surface area (Å²) in [4.78, 5) is 9.60. The monoisotopic (exact) mass is 328 g/mol. The van der Waals surface area contributed by atoms with Crippen molar-refractivity contribution in [3.8, 4) is 0 Å². The molecule has 0 saturated carbocycles. The fourth-order valence-electron chi connectivity index (χ4n) is 2.31. The molecule has 0 heterocycles. The Kier molecular flexibility index (Phi) is 22.5. The average Bonchev–Trinajstić information content (AvgIpc) is 2.52. The molecule has 0 aliphatic heterocycles. The highest BCUT2D eigenvalue weighted by molar-refractivity contribution is 5.84. The molecule has 0 radical (unpaired) electrons. The summed E-state index contributed by atoms with van der Waals surface area (Å²) < 4.78 is 0. The van der Waals surface area contributed by atoms with Gasteiger partial charge >= 0.3 is 5.97 Å². The molecule has 0 atom stereocenters. The van der Waals surface area contributed by atoms with Crippen molar-refractivity contribution in [2.45, 2.75) is 104 Å². The van der Waals surface area contributed by atoms with E-state index in [2.05, 4.69) is 13.5 Å². The Morgan fingerprint density at radius 2 is 1.00 bits per heavy atom. The zero-order valence-electron chi connectivity index (χ0n) is 15.6. The molecule has 0 aliphatic rings. The van der Waals surface area contributed by atoms with Gasteiger partial charge in [0.1, 0.15) is 0 Å². The first-order chi connectivity index (χ1) is 11.1. The molecular weight excluding hydrogens is 288 g/mol. The van der Waals surface area contributed by atoms with E-state index in [0.29, 0.717) is 6.61 Å². The number of aliphatic hydroxyl groups is 1. The number of carboxylic acids is 1. The van der Waals surface area contributed by atoms with Crippen LogP contribution in [0.15, 0.2) is 12.2 Å². The molecule has 23 heavy (non-hydrogen) atoms. The van der Waals surface area contributed by atoms with E-state index in [9.17, 15) is 4.79 Å². The highest BCUT2D eigenvalue weighted by Crippen LogP contribution is 2.12. The van der Waals surface area contributed by atoms with E-state index in [1.54, 1.807) is 0 Å². The number of carbonyl (C=O) groups is 1. The Morgan fingerprint density at radius 3 is 1.22 bits per heavy atom. The largest absolute Gasteiger partial charge is 0.478 e. The quantitative estimate of drug-likeness (QED) is 0.282. The van der Waals surface area contributed by atoms with Crippen LogP contribution < -0.4 is 0 Å². The number of aliphatic hydroxyl groups excluding tert-OH is 1. The third-order valence-corrected chi connectivity index (χ3v) is 3.88. The van der Waals surface area contributed by atoms with Gasteiger partial charge in [0, 0.05) is 12.2 Å². The zero-order valence-corrected chi connectivity index (χ0v) is 15.6. The van der Waals surface area contributed by atoms with E-state index in [4.69, 9.17) is 10.2 Å². The lowest BCUT2D eigenvalue weighted by atomic mass is 10.0. The molecule has 0 aromatic heterocycles. The van der Waals surface area contributed by atoms with Crippen molar-refractivity contribution in [3.63, 3.8) is 0 Å². The SMILES string of the molecule is C=C(C)C(=O)O.CCCCCCCCCCCCCCCCO. The van der Waals surface area contributed by atoms with Crippen LogP contribution in [0.1, 0.15) is 104 Å². The normalized spacial score (nSPS) is 10.0. The summed E-state index contributed by atoms with van der Waals surface area (Å²) in [5.41, 5.74) is 0.176. The molecule has 0 unspecified atom stereocenters. The van der Waals surface area contributed by atoms with Crippen LogP contribution >= 0.6 is 0 Å². The fourth-order valence-corrected chi connectivity index (χ4v) is 2.31. The van der Waals surface area contributed by atoms with Gasteiger partial charge in [-0.1, -0.05) is 97.0 Å². The topological polar surface area (TPSA) is 57.5 Å². The summed E-state index contributed by atoms with van der Waals surface area (Å²) >= 11 is 0. The van der Waals surface area contributed by atoms with Gasteiger partial charge in [-0.2, -0.15) is 0 Å². The van der Waals surface area contributed by atoms with Gasteiger partial charge in [-0.05, 0) is 13.3 Å². The van der Waals surface area contributed by atoms with E-state index in [-0.39, 0.29) is 5.57 Å². The molecule has 0 fully saturated rings. The van der Waals surface area contributed by atoms with Gasteiger partial charge < -0.3 is 10.2 Å². The summed E-state index contributed by atoms with van der Waals surface area (Å²) in [5.74, 6) is -0.935. The molecule has 0 aromatic carbocycles. The third kappa shape index (κ3) is 26.4. The van der Waals surface area contributed by atoms with E-state index < -0.39 is 5.97 Å². The van der Waals surface area contributed by atoms with Crippen LogP contribution in [-0.4, -0.2) is 22.8 Å². The Bertz CT molecular complexity index is 236. The van der Waals surface area contributed by atoms with Crippen molar-refractivity contribution in [2.75, 3.05) is 6.61 Å². The van der Waals surface area contributed by atoms with Crippen LogP contribution in [0.25, 0.3) is 0 Å². The van der Waals surface area contributed by atoms with E-state index >= 15 is 0 Å². The minimum atomic E-state index is -0.935. The van der Waals surface area contributed by atoms with E-state index in [1.165, 1.54) is 90.4 Å². The minimum Gasteiger partial charge on any atom is -0.478 e. The summed E-state index contributed by atoms with van der Waals surface area (Å²) in [6.45, 7) is 7.25. The van der Waals surface area contributed by atoms with Gasteiger partial charge in [-0.3, -0.25) is 0 Å². The van der Waals surface area contributed by atoms with Crippen LogP contribution in [0.5, 0.6) is 0 Å². The molecule has 2 N–H and O–H groups in total. The molecule has 0 spiro atoms. The van der Waals surface area contributed by atoms with Crippen molar-refractivity contribution >= 4 is 5.97 Å². The van der Waals surface area contributed by atoms with E-state index in [1.807, 2.05) is 0 Å². The second-order valence-electron chi connectivity index (χ2n) is 6.41. The molecule has 0 saturated heterocycles. The number of unbranched alkanes of at least 4 members (excludes halogenated alkanes) is 13. The highest BCUT2D eigenvalue weighted by Gasteiger charge is 1.93. The summed E-state index contributed by atoms with van der Waals surface area (Å²) in [7, 11) is 0. The number of hydrogen-bond donors (Lipinski definition) is 2. The molecule has 3 nitrogen and oxygen atoms in total. The lowest BCUT2D eigenvalue weighted by molar-refractivity contribution is -0.132. The summed E-state index contributed by atoms with van der Waals surface area (Å²) in [5, 5.41) is 16.5. The van der Waals surface area contributed by atoms with Gasteiger partial charge in [-0.25, -0.2) is 4.79 Å². The molecule has 0 amide bonds. The van der Waals surface area contributed by atoms with Crippen molar-refractivity contribution in [2.24, 2.45) is 0 Å². The van der Waals surface area contributed by atoms with Crippen molar-refractivity contribution < 1.29 is 15.0 Å². The predicted octanol–water partition coefficient (Wildman–Crippen LogP) is 6.11. The first-order valence-electron chi connectivity index (χ1n) is 9.55. The number of aliphatic carboxylic acids is 1. The molecule has 0 rings (SSSR count). The van der Waals surface area contributed by atoms with Crippen LogP contribution in [-0.2, 0) is 4.79 Å². The van der Waals surface area contributed by atoms with Crippen LogP contribution in [0.2, 0.25) is 0 Å². The van der Waals surface area contributed by atoms with Crippen LogP contribution in [0.4, 0.5) is 0 Å². The zero-order chi connectivity index (χ0) is 17.8. The first-order valence-corrected chi connectivity index (χ1v) is 9.55. The average molecular weight is 329 g/mol. The standard InChI is InChI=1S/C16H34O.C4H6O2/c1-2-3-4-5-6-7-8-9-10-11-12-13-14-15-16-17;1-3(2)4(5)6/h17H,2-16H2,1H3;1H2,2H3,(H,5,6). The first kappa shape index (κ1) is 24.4. The summed E-state index contributed by atoms with van der Waals surface area (Å²) in [6.07, 6.45) is 19.2. The predicted molar refractivity (Wildman–Crippen MR) is 99.8 cm³/mol. The maximum Gasteiger partial charge on any atom is 0.330 e. The Hall–Kier alpha value is -0.830. The Morgan fingerprint density at radius 1 is 0.739 bits per heavy atom. The number of hydrogen-bond acceptors (Lipinski definition) is 2. The maximum atomic E-state index is 9.60. The highest BCUT2D eigenvalue weighted by atomic mass is 16.4. The van der Waals surface area contributed by atoms with Crippen LogP contribution in [0, 0.1) is 0 Å². The van der Waals surface area contributed by atoms with Gasteiger partial charge in [0.2, 0.25) is 0 Å². The van der Waals surface area contributed by atoms with E-state index in [0.717, 1.165) is 6.42 Å². The smallest absolute Gasteiger partial charge is 0.330 e. The maximum absolute atomic E-state index is 9.60. The fraction of sp³-hybridized carbons (Fsp3) is 0.850. The molecule has 0 aromatic rings. The van der Waals surface area contributed by atoms with Crippen molar-refractivity contribution in [1.29, 1.82) is 0 Å². The van der Waals surface area contributed by atoms with Gasteiger partial charge in [0.25, 0.3) is 0 Å². The number of rotatable bonds is 15. The molecule has 3 heteroatoms. The number of carboxylic acid groups (broad SMARTS) is 1.